The average molecular weight is 733 g/mol. The predicted octanol–water partition coefficient (Wildman–Crippen LogP) is 13.0. The Hall–Kier alpha value is -0.289. The highest BCUT2D eigenvalue weighted by Gasteiger charge is 2.50. The molecule has 0 aromatic carbocycles. The standard InChI is InChI=1S/C42H80O4Si3/c1-32(31-43-27-19-25-41(8,9)46-47(11,12)13)37-23-24-38-34(20-18-26-42(37,38)10)22-21-33-28-35(44-48(14,15)39(2,3)4)30-36(29-33)45-49(16,17)40(5,6)7/h21-22,35-38H,1,18-20,23-31H2,2-17H3/t35-,36-,37-,38+,42-/m1/s1. The molecule has 0 N–H and O–H groups in total. The molecule has 0 radical (unpaired) electrons. The Balaban J connectivity index is 1.70. The van der Waals surface area contributed by atoms with Gasteiger partial charge >= 0.3 is 0 Å². The van der Waals surface area contributed by atoms with Crippen LogP contribution in [0.25, 0.3) is 0 Å². The van der Waals surface area contributed by atoms with E-state index in [0.29, 0.717) is 18.4 Å². The zero-order valence-corrected chi connectivity index (χ0v) is 38.3. The van der Waals surface area contributed by atoms with Gasteiger partial charge in [0.25, 0.3) is 0 Å². The van der Waals surface area contributed by atoms with Crippen LogP contribution in [0.2, 0.25) is 55.9 Å². The molecule has 284 valence electrons. The van der Waals surface area contributed by atoms with E-state index in [1.807, 2.05) is 0 Å². The van der Waals surface area contributed by atoms with E-state index in [1.165, 1.54) is 43.3 Å². The number of hydrogen-bond donors (Lipinski definition) is 0. The Morgan fingerprint density at radius 3 is 1.90 bits per heavy atom. The van der Waals surface area contributed by atoms with Gasteiger partial charge in [0.05, 0.1) is 24.4 Å². The third kappa shape index (κ3) is 11.9. The summed E-state index contributed by atoms with van der Waals surface area (Å²) in [6, 6.07) is 0. The van der Waals surface area contributed by atoms with E-state index in [-0.39, 0.29) is 33.3 Å². The fourth-order valence-electron chi connectivity index (χ4n) is 8.55. The minimum absolute atomic E-state index is 0.0773. The maximum atomic E-state index is 7.09. The van der Waals surface area contributed by atoms with Crippen molar-refractivity contribution in [1.82, 2.24) is 0 Å². The molecule has 3 saturated carbocycles. The Kier molecular flexibility index (Phi) is 14.1. The molecular formula is C42H80O4Si3. The zero-order valence-electron chi connectivity index (χ0n) is 35.3. The SMILES string of the molecule is C=C(COCCCC(C)(C)O[Si](C)(C)C)[C@H]1CC[C@H]2C(=CC=C3C[C@@H](O[Si](C)(C)C(C)(C)C)C[C@H](O[Si](C)(C)C(C)(C)C)C3)CCC[C@]12C. The summed E-state index contributed by atoms with van der Waals surface area (Å²) in [5.41, 5.74) is 4.70. The van der Waals surface area contributed by atoms with Crippen molar-refractivity contribution in [2.45, 2.75) is 200 Å². The van der Waals surface area contributed by atoms with Crippen LogP contribution in [-0.2, 0) is 18.0 Å². The van der Waals surface area contributed by atoms with Crippen LogP contribution in [0.5, 0.6) is 0 Å². The summed E-state index contributed by atoms with van der Waals surface area (Å²) in [5.74, 6) is 1.18. The first-order chi connectivity index (χ1) is 22.2. The minimum atomic E-state index is -1.89. The second-order valence-corrected chi connectivity index (χ2v) is 35.0. The number of hydrogen-bond acceptors (Lipinski definition) is 4. The van der Waals surface area contributed by atoms with Crippen LogP contribution in [-0.4, -0.2) is 56.0 Å². The molecule has 0 saturated heterocycles. The van der Waals surface area contributed by atoms with Crippen LogP contribution in [0, 0.1) is 17.3 Å². The smallest absolute Gasteiger partial charge is 0.192 e. The molecule has 3 aliphatic carbocycles. The quantitative estimate of drug-likeness (QED) is 0.101. The van der Waals surface area contributed by atoms with Crippen LogP contribution in [0.4, 0.5) is 0 Å². The summed E-state index contributed by atoms with van der Waals surface area (Å²) in [7, 11) is -5.33. The van der Waals surface area contributed by atoms with Gasteiger partial charge < -0.3 is 18.0 Å². The van der Waals surface area contributed by atoms with Gasteiger partial charge in [0, 0.05) is 6.61 Å². The number of ether oxygens (including phenoxy) is 1. The fourth-order valence-corrected chi connectivity index (χ4v) is 13.0. The number of fused-ring (bicyclic) bond motifs is 1. The van der Waals surface area contributed by atoms with Crippen LogP contribution < -0.4 is 0 Å². The lowest BCUT2D eigenvalue weighted by Gasteiger charge is -2.45. The molecule has 0 aliphatic heterocycles. The highest BCUT2D eigenvalue weighted by atomic mass is 28.4. The summed E-state index contributed by atoms with van der Waals surface area (Å²) in [6.45, 7) is 43.7. The second-order valence-electron chi connectivity index (χ2n) is 21.0. The lowest BCUT2D eigenvalue weighted by Crippen LogP contribution is -2.48. The normalized spacial score (nSPS) is 28.6. The Morgan fingerprint density at radius 1 is 0.837 bits per heavy atom. The molecule has 0 heterocycles. The van der Waals surface area contributed by atoms with Gasteiger partial charge in [-0.2, -0.15) is 0 Å². The van der Waals surface area contributed by atoms with Crippen LogP contribution in [0.1, 0.15) is 127 Å². The maximum Gasteiger partial charge on any atom is 0.192 e. The summed E-state index contributed by atoms with van der Waals surface area (Å²) in [5, 5.41) is 0.401. The van der Waals surface area contributed by atoms with E-state index in [0.717, 1.165) is 38.7 Å². The van der Waals surface area contributed by atoms with Crippen LogP contribution in [0.3, 0.4) is 0 Å². The molecule has 0 amide bonds. The van der Waals surface area contributed by atoms with E-state index >= 15 is 0 Å². The fraction of sp³-hybridized carbons (Fsp3) is 0.857. The lowest BCUT2D eigenvalue weighted by molar-refractivity contribution is 0.0679. The average Bonchev–Trinajstić information content (AvgIpc) is 3.26. The molecule has 3 fully saturated rings. The van der Waals surface area contributed by atoms with E-state index in [9.17, 15) is 0 Å². The van der Waals surface area contributed by atoms with E-state index in [2.05, 4.69) is 127 Å². The molecular weight excluding hydrogens is 653 g/mol. The Bertz CT molecular complexity index is 1140. The van der Waals surface area contributed by atoms with Crippen molar-refractivity contribution in [1.29, 1.82) is 0 Å². The first kappa shape index (κ1) is 43.1. The van der Waals surface area contributed by atoms with Crippen molar-refractivity contribution in [3.63, 3.8) is 0 Å². The van der Waals surface area contributed by atoms with Crippen LogP contribution in [0.15, 0.2) is 35.5 Å². The minimum Gasteiger partial charge on any atom is -0.414 e. The topological polar surface area (TPSA) is 36.9 Å². The molecule has 3 rings (SSSR count). The summed E-state index contributed by atoms with van der Waals surface area (Å²) >= 11 is 0. The summed E-state index contributed by atoms with van der Waals surface area (Å²) < 4.78 is 26.8. The molecule has 5 atom stereocenters. The third-order valence-corrected chi connectivity index (χ3v) is 23.2. The van der Waals surface area contributed by atoms with Crippen molar-refractivity contribution >= 4 is 25.0 Å². The van der Waals surface area contributed by atoms with Gasteiger partial charge in [0.1, 0.15) is 0 Å². The Labute approximate surface area is 308 Å². The zero-order chi connectivity index (χ0) is 37.3. The van der Waals surface area contributed by atoms with Gasteiger partial charge in [-0.05, 0) is 157 Å². The van der Waals surface area contributed by atoms with Gasteiger partial charge in [-0.25, -0.2) is 0 Å². The van der Waals surface area contributed by atoms with Gasteiger partial charge in [-0.3, -0.25) is 0 Å². The van der Waals surface area contributed by atoms with Crippen LogP contribution >= 0.6 is 0 Å². The lowest BCUT2D eigenvalue weighted by atomic mass is 9.62. The van der Waals surface area contributed by atoms with Crippen molar-refractivity contribution < 1.29 is 18.0 Å². The first-order valence-electron chi connectivity index (χ1n) is 19.9. The van der Waals surface area contributed by atoms with E-state index < -0.39 is 25.0 Å². The molecule has 0 spiro atoms. The number of rotatable bonds is 14. The monoisotopic (exact) mass is 733 g/mol. The van der Waals surface area contributed by atoms with Gasteiger partial charge in [-0.15, -0.1) is 0 Å². The molecule has 0 aromatic rings. The molecule has 7 heteroatoms. The van der Waals surface area contributed by atoms with Crippen molar-refractivity contribution in [3.8, 4) is 0 Å². The third-order valence-electron chi connectivity index (χ3n) is 13.0. The highest BCUT2D eigenvalue weighted by molar-refractivity contribution is 6.74. The van der Waals surface area contributed by atoms with Crippen molar-refractivity contribution in [2.24, 2.45) is 17.3 Å². The van der Waals surface area contributed by atoms with E-state index in [4.69, 9.17) is 18.0 Å². The predicted molar refractivity (Wildman–Crippen MR) is 220 cm³/mol. The van der Waals surface area contributed by atoms with Gasteiger partial charge in [0.2, 0.25) is 0 Å². The first-order valence-corrected chi connectivity index (χ1v) is 29.1. The van der Waals surface area contributed by atoms with Gasteiger partial charge in [0.15, 0.2) is 25.0 Å². The summed E-state index contributed by atoms with van der Waals surface area (Å²) in [6.07, 6.45) is 17.0. The number of allylic oxidation sites excluding steroid dienone is 3. The van der Waals surface area contributed by atoms with Gasteiger partial charge in [-0.1, -0.05) is 78.3 Å². The van der Waals surface area contributed by atoms with Crippen molar-refractivity contribution in [2.75, 3.05) is 13.2 Å². The molecule has 49 heavy (non-hydrogen) atoms. The largest absolute Gasteiger partial charge is 0.414 e. The molecule has 0 bridgehead atoms. The highest BCUT2D eigenvalue weighted by Crippen LogP contribution is 2.59. The Morgan fingerprint density at radius 2 is 1.39 bits per heavy atom. The van der Waals surface area contributed by atoms with Crippen molar-refractivity contribution in [3.05, 3.63) is 35.5 Å². The van der Waals surface area contributed by atoms with E-state index in [1.54, 1.807) is 5.57 Å². The molecule has 0 aromatic heterocycles. The second kappa shape index (κ2) is 16.0. The molecule has 0 unspecified atom stereocenters. The maximum absolute atomic E-state index is 7.09. The summed E-state index contributed by atoms with van der Waals surface area (Å²) in [4.78, 5) is 0. The molecule has 3 aliphatic rings. The molecule has 4 nitrogen and oxygen atoms in total.